The van der Waals surface area contributed by atoms with E-state index in [1.165, 1.54) is 6.92 Å². The molecule has 7 nitrogen and oxygen atoms in total. The molecule has 2 fully saturated rings. The maximum atomic E-state index is 12.8. The number of carbonyl (C=O) groups is 3. The van der Waals surface area contributed by atoms with Crippen LogP contribution in [-0.2, 0) is 14.3 Å². The van der Waals surface area contributed by atoms with Crippen molar-refractivity contribution in [3.8, 4) is 0 Å². The topological polar surface area (TPSA) is 79.0 Å². The highest BCUT2D eigenvalue weighted by molar-refractivity contribution is 5.97. The van der Waals surface area contributed by atoms with Crippen molar-refractivity contribution in [2.45, 2.75) is 26.7 Å². The average Bonchev–Trinajstić information content (AvgIpc) is 2.69. The minimum absolute atomic E-state index is 0.0138. The number of rotatable bonds is 3. The smallest absolute Gasteiger partial charge is 0.253 e. The van der Waals surface area contributed by atoms with Gasteiger partial charge in [-0.25, -0.2) is 0 Å². The lowest BCUT2D eigenvalue weighted by Crippen LogP contribution is -2.47. The monoisotopic (exact) mass is 373 g/mol. The third-order valence-corrected chi connectivity index (χ3v) is 5.25. The summed E-state index contributed by atoms with van der Waals surface area (Å²) < 4.78 is 5.30. The molecular weight excluding hydrogens is 346 g/mol. The van der Waals surface area contributed by atoms with E-state index in [9.17, 15) is 14.4 Å². The van der Waals surface area contributed by atoms with Gasteiger partial charge >= 0.3 is 0 Å². The predicted molar refractivity (Wildman–Crippen MR) is 102 cm³/mol. The summed E-state index contributed by atoms with van der Waals surface area (Å²) in [5, 5.41) is 2.76. The maximum Gasteiger partial charge on any atom is 0.253 e. The lowest BCUT2D eigenvalue weighted by atomic mass is 9.94. The molecule has 0 aliphatic carbocycles. The standard InChI is InChI=1S/C20H27N3O4/c1-14-3-4-17(13-18(14)21-15(2)24)20(26)22-7-5-16(6-8-22)19(25)23-9-11-27-12-10-23/h3-4,13,16H,5-12H2,1-2H3,(H,21,24). The zero-order chi connectivity index (χ0) is 19.4. The van der Waals surface area contributed by atoms with Gasteiger partial charge in [0.25, 0.3) is 5.91 Å². The molecule has 1 aromatic rings. The normalized spacial score (nSPS) is 18.3. The lowest BCUT2D eigenvalue weighted by molar-refractivity contribution is -0.141. The zero-order valence-electron chi connectivity index (χ0n) is 16.0. The Morgan fingerprint density at radius 2 is 1.70 bits per heavy atom. The second-order valence-corrected chi connectivity index (χ2v) is 7.22. The molecule has 0 unspecified atom stereocenters. The molecule has 0 aromatic heterocycles. The molecule has 146 valence electrons. The summed E-state index contributed by atoms with van der Waals surface area (Å²) in [6.07, 6.45) is 1.37. The fraction of sp³-hybridized carbons (Fsp3) is 0.550. The van der Waals surface area contributed by atoms with Crippen LogP contribution in [0.3, 0.4) is 0 Å². The number of likely N-dealkylation sites (tertiary alicyclic amines) is 1. The highest BCUT2D eigenvalue weighted by Crippen LogP contribution is 2.23. The summed E-state index contributed by atoms with van der Waals surface area (Å²) in [5.74, 6) is -0.0437. The number of benzene rings is 1. The molecule has 1 aromatic carbocycles. The summed E-state index contributed by atoms with van der Waals surface area (Å²) in [7, 11) is 0. The highest BCUT2D eigenvalue weighted by Gasteiger charge is 2.31. The largest absolute Gasteiger partial charge is 0.378 e. The average molecular weight is 373 g/mol. The molecule has 0 radical (unpaired) electrons. The molecule has 2 aliphatic rings. The predicted octanol–water partition coefficient (Wildman–Crippen LogP) is 1.66. The number of anilines is 1. The van der Waals surface area contributed by atoms with Gasteiger partial charge in [-0.05, 0) is 37.5 Å². The Morgan fingerprint density at radius 3 is 2.33 bits per heavy atom. The number of hydrogen-bond acceptors (Lipinski definition) is 4. The van der Waals surface area contributed by atoms with Crippen molar-refractivity contribution < 1.29 is 19.1 Å². The van der Waals surface area contributed by atoms with Crippen molar-refractivity contribution in [1.82, 2.24) is 9.80 Å². The number of piperidine rings is 1. The van der Waals surface area contributed by atoms with E-state index in [0.29, 0.717) is 63.5 Å². The number of nitrogens with one attached hydrogen (secondary N) is 1. The molecule has 2 saturated heterocycles. The molecular formula is C20H27N3O4. The quantitative estimate of drug-likeness (QED) is 0.874. The van der Waals surface area contributed by atoms with Crippen molar-refractivity contribution in [2.75, 3.05) is 44.7 Å². The van der Waals surface area contributed by atoms with Crippen molar-refractivity contribution >= 4 is 23.4 Å². The zero-order valence-corrected chi connectivity index (χ0v) is 16.0. The third kappa shape index (κ3) is 4.66. The van der Waals surface area contributed by atoms with E-state index in [2.05, 4.69) is 5.32 Å². The van der Waals surface area contributed by atoms with Crippen LogP contribution in [0, 0.1) is 12.8 Å². The summed E-state index contributed by atoms with van der Waals surface area (Å²) in [5.41, 5.74) is 2.13. The molecule has 0 saturated carbocycles. The van der Waals surface area contributed by atoms with E-state index in [1.807, 2.05) is 17.9 Å². The second kappa shape index (κ2) is 8.52. The van der Waals surface area contributed by atoms with Gasteiger partial charge in [0, 0.05) is 50.3 Å². The molecule has 2 heterocycles. The van der Waals surface area contributed by atoms with Crippen LogP contribution < -0.4 is 5.32 Å². The second-order valence-electron chi connectivity index (χ2n) is 7.22. The number of aryl methyl sites for hydroxylation is 1. The van der Waals surface area contributed by atoms with Gasteiger partial charge in [-0.2, -0.15) is 0 Å². The number of amides is 3. The number of morpholine rings is 1. The van der Waals surface area contributed by atoms with E-state index >= 15 is 0 Å². The Kier molecular flexibility index (Phi) is 6.11. The van der Waals surface area contributed by atoms with Gasteiger partial charge in [0.2, 0.25) is 11.8 Å². The molecule has 2 aliphatic heterocycles. The van der Waals surface area contributed by atoms with Gasteiger partial charge in [-0.3, -0.25) is 14.4 Å². The summed E-state index contributed by atoms with van der Waals surface area (Å²) in [4.78, 5) is 40.4. The van der Waals surface area contributed by atoms with Gasteiger partial charge in [0.05, 0.1) is 13.2 Å². The van der Waals surface area contributed by atoms with Crippen molar-refractivity contribution in [3.63, 3.8) is 0 Å². The first-order valence-electron chi connectivity index (χ1n) is 9.50. The number of hydrogen-bond donors (Lipinski definition) is 1. The van der Waals surface area contributed by atoms with Gasteiger partial charge < -0.3 is 19.9 Å². The Bertz CT molecular complexity index is 720. The van der Waals surface area contributed by atoms with Crippen LogP contribution in [-0.4, -0.2) is 66.9 Å². The van der Waals surface area contributed by atoms with Gasteiger partial charge in [0.15, 0.2) is 0 Å². The molecule has 0 spiro atoms. The minimum atomic E-state index is -0.162. The summed E-state index contributed by atoms with van der Waals surface area (Å²) in [6, 6.07) is 5.35. The van der Waals surface area contributed by atoms with Crippen LogP contribution in [0.25, 0.3) is 0 Å². The maximum absolute atomic E-state index is 12.8. The van der Waals surface area contributed by atoms with E-state index in [0.717, 1.165) is 5.56 Å². The highest BCUT2D eigenvalue weighted by atomic mass is 16.5. The van der Waals surface area contributed by atoms with Crippen LogP contribution in [0.4, 0.5) is 5.69 Å². The van der Waals surface area contributed by atoms with Crippen molar-refractivity contribution in [2.24, 2.45) is 5.92 Å². The van der Waals surface area contributed by atoms with E-state index in [-0.39, 0.29) is 23.6 Å². The Hall–Kier alpha value is -2.41. The SMILES string of the molecule is CC(=O)Nc1cc(C(=O)N2CCC(C(=O)N3CCOCC3)CC2)ccc1C. The minimum Gasteiger partial charge on any atom is -0.378 e. The first-order chi connectivity index (χ1) is 13.0. The summed E-state index contributed by atoms with van der Waals surface area (Å²) in [6.45, 7) is 7.01. The van der Waals surface area contributed by atoms with Gasteiger partial charge in [-0.1, -0.05) is 6.07 Å². The Morgan fingerprint density at radius 1 is 1.04 bits per heavy atom. The number of ether oxygens (including phenoxy) is 1. The third-order valence-electron chi connectivity index (χ3n) is 5.25. The number of carbonyl (C=O) groups excluding carboxylic acids is 3. The Labute approximate surface area is 159 Å². The van der Waals surface area contributed by atoms with Crippen LogP contribution in [0.2, 0.25) is 0 Å². The summed E-state index contributed by atoms with van der Waals surface area (Å²) >= 11 is 0. The molecule has 1 N–H and O–H groups in total. The van der Waals surface area contributed by atoms with E-state index < -0.39 is 0 Å². The molecule has 27 heavy (non-hydrogen) atoms. The van der Waals surface area contributed by atoms with E-state index in [1.54, 1.807) is 17.0 Å². The van der Waals surface area contributed by atoms with Crippen LogP contribution >= 0.6 is 0 Å². The first kappa shape index (κ1) is 19.4. The van der Waals surface area contributed by atoms with Crippen LogP contribution in [0.15, 0.2) is 18.2 Å². The van der Waals surface area contributed by atoms with Gasteiger partial charge in [0.1, 0.15) is 0 Å². The van der Waals surface area contributed by atoms with Gasteiger partial charge in [-0.15, -0.1) is 0 Å². The molecule has 0 atom stereocenters. The van der Waals surface area contributed by atoms with Crippen LogP contribution in [0.1, 0.15) is 35.7 Å². The lowest BCUT2D eigenvalue weighted by Gasteiger charge is -2.35. The fourth-order valence-electron chi connectivity index (χ4n) is 3.63. The van der Waals surface area contributed by atoms with E-state index in [4.69, 9.17) is 4.74 Å². The molecule has 7 heteroatoms. The Balaban J connectivity index is 1.60. The molecule has 3 amide bonds. The molecule has 0 bridgehead atoms. The number of nitrogens with zero attached hydrogens (tertiary/aromatic N) is 2. The fourth-order valence-corrected chi connectivity index (χ4v) is 3.63. The molecule has 3 rings (SSSR count). The van der Waals surface area contributed by atoms with Crippen molar-refractivity contribution in [3.05, 3.63) is 29.3 Å². The first-order valence-corrected chi connectivity index (χ1v) is 9.50. The van der Waals surface area contributed by atoms with Crippen LogP contribution in [0.5, 0.6) is 0 Å². The van der Waals surface area contributed by atoms with Crippen molar-refractivity contribution in [1.29, 1.82) is 0 Å².